The van der Waals surface area contributed by atoms with Gasteiger partial charge in [-0.2, -0.15) is 0 Å². The molecule has 0 heterocycles. The molecule has 0 saturated heterocycles. The number of hydrogen-bond donors (Lipinski definition) is 3. The first-order valence-electron chi connectivity index (χ1n) is 13.7. The molecule has 0 aliphatic heterocycles. The van der Waals surface area contributed by atoms with Crippen molar-refractivity contribution in [2.45, 2.75) is 45.1 Å². The topological polar surface area (TPSA) is 107 Å². The molecule has 0 saturated carbocycles. The van der Waals surface area contributed by atoms with Crippen LogP contribution in [-0.4, -0.2) is 39.2 Å². The van der Waals surface area contributed by atoms with Crippen LogP contribution in [-0.2, 0) is 17.3 Å². The van der Waals surface area contributed by atoms with Gasteiger partial charge < -0.3 is 20.1 Å². The van der Waals surface area contributed by atoms with E-state index in [9.17, 15) is 15.0 Å². The predicted molar refractivity (Wildman–Crippen MR) is 159 cm³/mol. The Labute approximate surface area is 241 Å². The Balaban J connectivity index is 0.00000147. The maximum atomic E-state index is 13.8. The smallest absolute Gasteiger partial charge is 0.290 e. The van der Waals surface area contributed by atoms with E-state index in [1.54, 1.807) is 36.4 Å². The molecule has 214 valence electrons. The molecule has 4 rings (SSSR count). The van der Waals surface area contributed by atoms with Crippen LogP contribution in [0.4, 0.5) is 0 Å². The van der Waals surface area contributed by atoms with Crippen LogP contribution in [0.2, 0.25) is 0 Å². The summed E-state index contributed by atoms with van der Waals surface area (Å²) in [5.74, 6) is -2.76. The van der Waals surface area contributed by atoms with E-state index in [-0.39, 0.29) is 18.6 Å². The number of ether oxygens (including phenoxy) is 1. The number of para-hydroxylation sites is 1. The normalized spacial score (nSPS) is 10.7. The summed E-state index contributed by atoms with van der Waals surface area (Å²) in [6, 6.07) is 33.1. The molecule has 1 amide bonds. The second-order valence-corrected chi connectivity index (χ2v) is 9.47. The summed E-state index contributed by atoms with van der Waals surface area (Å²) in [6.45, 7) is 2.36. The summed E-state index contributed by atoms with van der Waals surface area (Å²) in [5, 5.41) is 30.0. The fourth-order valence-corrected chi connectivity index (χ4v) is 4.41. The number of rotatable bonds is 12. The minimum atomic E-state index is -2.61. The van der Waals surface area contributed by atoms with E-state index in [2.05, 4.69) is 6.92 Å². The summed E-state index contributed by atoms with van der Waals surface area (Å²) in [4.78, 5) is 23.3. The number of carbonyl (C=O) groups excluding carboxylic acids is 1. The van der Waals surface area contributed by atoms with Crippen molar-refractivity contribution in [1.29, 1.82) is 0 Å². The van der Waals surface area contributed by atoms with Crippen LogP contribution in [0.3, 0.4) is 0 Å². The second kappa shape index (κ2) is 16.0. The molecule has 0 aromatic heterocycles. The van der Waals surface area contributed by atoms with Crippen LogP contribution >= 0.6 is 0 Å². The van der Waals surface area contributed by atoms with E-state index < -0.39 is 11.8 Å². The zero-order valence-corrected chi connectivity index (χ0v) is 23.2. The molecule has 7 heteroatoms. The first-order chi connectivity index (χ1) is 19.9. The minimum Gasteiger partial charge on any atom is -0.493 e. The zero-order chi connectivity index (χ0) is 29.5. The molecule has 0 atom stereocenters. The van der Waals surface area contributed by atoms with Gasteiger partial charge in [-0.15, -0.1) is 0 Å². The van der Waals surface area contributed by atoms with Gasteiger partial charge in [0.1, 0.15) is 5.75 Å². The number of carboxylic acid groups (broad SMARTS) is 1. The minimum absolute atomic E-state index is 0.00204. The van der Waals surface area contributed by atoms with Gasteiger partial charge in [0.2, 0.25) is 0 Å². The summed E-state index contributed by atoms with van der Waals surface area (Å²) in [5.41, 5.74) is 3.26. The Kier molecular flexibility index (Phi) is 12.1. The number of hydrogen-bond acceptors (Lipinski definition) is 5. The number of benzene rings is 4. The molecule has 0 fully saturated rings. The van der Waals surface area contributed by atoms with Crippen molar-refractivity contribution in [2.75, 3.05) is 6.61 Å². The molecule has 41 heavy (non-hydrogen) atoms. The van der Waals surface area contributed by atoms with E-state index in [1.807, 2.05) is 72.8 Å². The molecule has 0 aliphatic carbocycles. The first kappa shape index (κ1) is 31.1. The van der Waals surface area contributed by atoms with Crippen molar-refractivity contribution in [3.8, 4) is 16.9 Å². The van der Waals surface area contributed by atoms with Gasteiger partial charge >= 0.3 is 0 Å². The molecule has 0 spiro atoms. The fraction of sp³-hybridized carbons (Fsp3) is 0.235. The fourth-order valence-electron chi connectivity index (χ4n) is 4.41. The van der Waals surface area contributed by atoms with Crippen molar-refractivity contribution >= 4 is 12.4 Å². The Morgan fingerprint density at radius 1 is 0.780 bits per heavy atom. The van der Waals surface area contributed by atoms with Crippen molar-refractivity contribution in [2.24, 2.45) is 0 Å². The van der Waals surface area contributed by atoms with Gasteiger partial charge in [-0.1, -0.05) is 111 Å². The Hall–Kier alpha value is -4.46. The highest BCUT2D eigenvalue weighted by atomic mass is 16.5. The van der Waals surface area contributed by atoms with E-state index in [1.165, 1.54) is 0 Å². The highest BCUT2D eigenvalue weighted by molar-refractivity contribution is 5.95. The summed E-state index contributed by atoms with van der Waals surface area (Å²) < 4.78 is 5.96. The van der Waals surface area contributed by atoms with Gasteiger partial charge in [0.05, 0.1) is 18.7 Å². The van der Waals surface area contributed by atoms with Crippen LogP contribution in [0.25, 0.3) is 11.1 Å². The third-order valence-corrected chi connectivity index (χ3v) is 6.55. The summed E-state index contributed by atoms with van der Waals surface area (Å²) in [7, 11) is 0. The van der Waals surface area contributed by atoms with Crippen molar-refractivity contribution in [1.82, 2.24) is 4.90 Å². The van der Waals surface area contributed by atoms with Crippen LogP contribution < -0.4 is 4.74 Å². The lowest BCUT2D eigenvalue weighted by Crippen LogP contribution is -2.49. The average molecular weight is 556 g/mol. The molecular formula is C34H37NO6. The lowest BCUT2D eigenvalue weighted by atomic mass is 10.0. The average Bonchev–Trinajstić information content (AvgIpc) is 3.01. The van der Waals surface area contributed by atoms with Gasteiger partial charge in [0.15, 0.2) is 0 Å². The first-order valence-corrected chi connectivity index (χ1v) is 13.7. The predicted octanol–water partition coefficient (Wildman–Crippen LogP) is 6.45. The zero-order valence-electron chi connectivity index (χ0n) is 23.2. The molecular weight excluding hydrogens is 518 g/mol. The number of amides is 1. The van der Waals surface area contributed by atoms with Crippen LogP contribution in [0.5, 0.6) is 5.75 Å². The lowest BCUT2D eigenvalue weighted by molar-refractivity contribution is -0.259. The van der Waals surface area contributed by atoms with Crippen LogP contribution in [0.1, 0.15) is 54.1 Å². The van der Waals surface area contributed by atoms with Gasteiger partial charge in [0.25, 0.3) is 18.3 Å². The molecule has 7 nitrogen and oxygen atoms in total. The molecule has 3 N–H and O–H groups in total. The summed E-state index contributed by atoms with van der Waals surface area (Å²) in [6.07, 6.45) is 4.15. The second-order valence-electron chi connectivity index (χ2n) is 9.47. The van der Waals surface area contributed by atoms with Gasteiger partial charge in [-0.3, -0.25) is 14.5 Å². The van der Waals surface area contributed by atoms with Gasteiger partial charge in [-0.25, -0.2) is 0 Å². The van der Waals surface area contributed by atoms with Gasteiger partial charge in [0, 0.05) is 5.56 Å². The maximum Gasteiger partial charge on any atom is 0.290 e. The van der Waals surface area contributed by atoms with Crippen molar-refractivity contribution < 1.29 is 29.6 Å². The van der Waals surface area contributed by atoms with Crippen molar-refractivity contribution in [3.05, 3.63) is 126 Å². The third kappa shape index (κ3) is 8.76. The number of carbonyl (C=O) groups is 2. The third-order valence-electron chi connectivity index (χ3n) is 6.55. The quantitative estimate of drug-likeness (QED) is 0.105. The molecule has 0 unspecified atom stereocenters. The Morgan fingerprint density at radius 3 is 1.98 bits per heavy atom. The maximum absolute atomic E-state index is 13.8. The molecule has 4 aromatic rings. The van der Waals surface area contributed by atoms with E-state index in [0.717, 1.165) is 47.3 Å². The largest absolute Gasteiger partial charge is 0.493 e. The SMILES string of the molecule is CCCCCCOc1ccccc1C(O)(O)N(Cc1ccccc1)C(=O)c1ccc(-c2ccccc2)cc1.O=CO. The number of nitrogens with zero attached hydrogens (tertiary/aromatic N) is 1. The standard InChI is InChI=1S/C33H35NO4.CH2O2/c1-2-3-4-13-24-38-31-19-12-11-18-30(31)33(36,37)34(25-26-14-7-5-8-15-26)32(35)29-22-20-28(21-23-29)27-16-9-6-10-17-27;2-1-3/h5-12,14-23,36-37H,2-4,13,24-25H2,1H3;1H,(H,2,3). The highest BCUT2D eigenvalue weighted by Gasteiger charge is 2.40. The monoisotopic (exact) mass is 555 g/mol. The highest BCUT2D eigenvalue weighted by Crippen LogP contribution is 2.34. The Morgan fingerprint density at radius 2 is 1.34 bits per heavy atom. The van der Waals surface area contributed by atoms with Crippen molar-refractivity contribution in [3.63, 3.8) is 0 Å². The van der Waals surface area contributed by atoms with E-state index >= 15 is 0 Å². The van der Waals surface area contributed by atoms with E-state index in [4.69, 9.17) is 14.6 Å². The lowest BCUT2D eigenvalue weighted by Gasteiger charge is -2.36. The molecule has 0 bridgehead atoms. The Bertz CT molecular complexity index is 1340. The number of unbranched alkanes of at least 4 members (excludes halogenated alkanes) is 3. The van der Waals surface area contributed by atoms with Crippen LogP contribution in [0, 0.1) is 0 Å². The molecule has 0 radical (unpaired) electrons. The molecule has 4 aromatic carbocycles. The van der Waals surface area contributed by atoms with Crippen LogP contribution in [0.15, 0.2) is 109 Å². The summed E-state index contributed by atoms with van der Waals surface area (Å²) >= 11 is 0. The van der Waals surface area contributed by atoms with Gasteiger partial charge in [-0.05, 0) is 47.4 Å². The molecule has 0 aliphatic rings. The van der Waals surface area contributed by atoms with E-state index in [0.29, 0.717) is 17.9 Å². The number of aliphatic hydroxyl groups is 2.